The molecule has 0 bridgehead atoms. The number of benzene rings is 8. The van der Waals surface area contributed by atoms with Gasteiger partial charge in [0.2, 0.25) is 0 Å². The molecule has 5 heterocycles. The fourth-order valence-electron chi connectivity index (χ4n) is 14.5. The van der Waals surface area contributed by atoms with Crippen molar-refractivity contribution in [2.75, 3.05) is 4.90 Å². The van der Waals surface area contributed by atoms with E-state index in [0.717, 1.165) is 0 Å². The van der Waals surface area contributed by atoms with Crippen molar-refractivity contribution in [3.05, 3.63) is 207 Å². The molecule has 0 N–H and O–H groups in total. The molecule has 0 amide bonds. The Morgan fingerprint density at radius 3 is 1.39 bits per heavy atom. The summed E-state index contributed by atoms with van der Waals surface area (Å²) in [5, 5.41) is 5.43. The van der Waals surface area contributed by atoms with Crippen molar-refractivity contribution in [3.63, 3.8) is 0 Å². The van der Waals surface area contributed by atoms with Gasteiger partial charge in [0.25, 0.3) is 0 Å². The van der Waals surface area contributed by atoms with Gasteiger partial charge in [0.1, 0.15) is 0 Å². The van der Waals surface area contributed by atoms with Crippen LogP contribution in [0.15, 0.2) is 146 Å². The van der Waals surface area contributed by atoms with Crippen LogP contribution in [0.5, 0.6) is 0 Å². The molecule has 8 aromatic carbocycles. The molecule has 2 aliphatic heterocycles. The van der Waals surface area contributed by atoms with Crippen molar-refractivity contribution in [1.82, 2.24) is 8.80 Å². The molecule has 3 heteroatoms. The highest BCUT2D eigenvalue weighted by Crippen LogP contribution is 2.64. The van der Waals surface area contributed by atoms with Gasteiger partial charge in [0, 0.05) is 49.1 Å². The quantitative estimate of drug-likeness (QED) is 0.139. The molecule has 3 nitrogen and oxygen atoms in total. The van der Waals surface area contributed by atoms with Crippen LogP contribution in [-0.2, 0) is 21.7 Å². The Bertz CT molecular complexity index is 3690. The van der Waals surface area contributed by atoms with E-state index in [-0.39, 0.29) is 27.6 Å². The molecule has 308 valence electrons. The lowest BCUT2D eigenvalue weighted by molar-refractivity contribution is 0.552. The first kappa shape index (κ1) is 35.6. The molecule has 2 aliphatic carbocycles. The van der Waals surface area contributed by atoms with Crippen molar-refractivity contribution in [2.24, 2.45) is 0 Å². The number of anilines is 3. The number of hydrogen-bond acceptors (Lipinski definition) is 1. The summed E-state index contributed by atoms with van der Waals surface area (Å²) in [6.07, 6.45) is 0. The summed E-state index contributed by atoms with van der Waals surface area (Å²) >= 11 is 0. The van der Waals surface area contributed by atoms with Crippen LogP contribution in [0, 0.1) is 0 Å². The predicted molar refractivity (Wildman–Crippen MR) is 267 cm³/mol. The van der Waals surface area contributed by atoms with Crippen molar-refractivity contribution < 1.29 is 0 Å². The predicted octanol–water partition coefficient (Wildman–Crippen LogP) is 15.4. The molecule has 11 aromatic rings. The van der Waals surface area contributed by atoms with Gasteiger partial charge in [-0.05, 0) is 97.6 Å². The second-order valence-electron chi connectivity index (χ2n) is 21.6. The van der Waals surface area contributed by atoms with E-state index in [1.54, 1.807) is 0 Å². The van der Waals surface area contributed by atoms with Crippen LogP contribution >= 0.6 is 0 Å². The zero-order valence-corrected chi connectivity index (χ0v) is 37.8. The van der Waals surface area contributed by atoms with Gasteiger partial charge in [-0.1, -0.05) is 165 Å². The minimum absolute atomic E-state index is 0.181. The van der Waals surface area contributed by atoms with E-state index in [1.165, 1.54) is 133 Å². The summed E-state index contributed by atoms with van der Waals surface area (Å²) in [5.41, 5.74) is 26.6. The van der Waals surface area contributed by atoms with Crippen molar-refractivity contribution in [2.45, 2.75) is 83.0 Å². The third kappa shape index (κ3) is 3.70. The van der Waals surface area contributed by atoms with Gasteiger partial charge in [-0.2, -0.15) is 0 Å². The fourth-order valence-corrected chi connectivity index (χ4v) is 14.5. The number of para-hydroxylation sites is 4. The summed E-state index contributed by atoms with van der Waals surface area (Å²) in [4.78, 5) is 2.61. The molecule has 0 spiro atoms. The van der Waals surface area contributed by atoms with E-state index in [0.29, 0.717) is 0 Å². The summed E-state index contributed by atoms with van der Waals surface area (Å²) in [6, 6.07) is 56.5. The zero-order chi connectivity index (χ0) is 43.1. The van der Waals surface area contributed by atoms with E-state index >= 15 is 0 Å². The van der Waals surface area contributed by atoms with Gasteiger partial charge >= 0.3 is 0 Å². The SMILES string of the molecule is CC1(C)c2ccccc2C2c3ccccc3C(C)(C)c3c2c1cc1c3c2cccc3c2n1c1cccc2c4c5c6c(cc4n3c21)C(C)(C)c1ccccc1N6c1ccccc1C5(C)C. The fraction of sp³-hybridized carbons (Fsp3) is 0.213. The van der Waals surface area contributed by atoms with Crippen LogP contribution in [0.4, 0.5) is 17.1 Å². The van der Waals surface area contributed by atoms with Crippen LogP contribution in [0.25, 0.3) is 54.6 Å². The van der Waals surface area contributed by atoms with Crippen LogP contribution in [0.3, 0.4) is 0 Å². The number of fused-ring (bicyclic) bond motifs is 18. The lowest BCUT2D eigenvalue weighted by Crippen LogP contribution is -2.38. The Balaban J connectivity index is 1.16. The second-order valence-corrected chi connectivity index (χ2v) is 21.6. The van der Waals surface area contributed by atoms with Gasteiger partial charge in [-0.15, -0.1) is 0 Å². The molecule has 0 saturated carbocycles. The van der Waals surface area contributed by atoms with E-state index in [9.17, 15) is 0 Å². The van der Waals surface area contributed by atoms with Crippen molar-refractivity contribution in [1.29, 1.82) is 0 Å². The minimum atomic E-state index is -0.266. The third-order valence-corrected chi connectivity index (χ3v) is 17.2. The maximum atomic E-state index is 2.68. The molecule has 1 atom stereocenters. The highest BCUT2D eigenvalue weighted by molar-refractivity contribution is 6.24. The molecule has 64 heavy (non-hydrogen) atoms. The van der Waals surface area contributed by atoms with Crippen LogP contribution in [0.1, 0.15) is 123 Å². The molecule has 4 aliphatic rings. The Morgan fingerprint density at radius 2 is 0.812 bits per heavy atom. The molecule has 1 unspecified atom stereocenters. The van der Waals surface area contributed by atoms with Crippen LogP contribution < -0.4 is 4.90 Å². The normalized spacial score (nSPS) is 18.9. The van der Waals surface area contributed by atoms with Gasteiger partial charge in [-0.25, -0.2) is 0 Å². The molecule has 0 radical (unpaired) electrons. The van der Waals surface area contributed by atoms with Crippen LogP contribution in [-0.4, -0.2) is 8.80 Å². The number of aromatic nitrogens is 2. The highest BCUT2D eigenvalue weighted by Gasteiger charge is 2.50. The van der Waals surface area contributed by atoms with Gasteiger partial charge in [0.15, 0.2) is 0 Å². The largest absolute Gasteiger partial charge is 0.309 e. The second kappa shape index (κ2) is 10.9. The molecular formula is C61H49N3. The Labute approximate surface area is 373 Å². The van der Waals surface area contributed by atoms with E-state index < -0.39 is 0 Å². The summed E-state index contributed by atoms with van der Waals surface area (Å²) in [5.74, 6) is 0.181. The molecular weight excluding hydrogens is 775 g/mol. The summed E-state index contributed by atoms with van der Waals surface area (Å²) in [6.45, 7) is 19.8. The van der Waals surface area contributed by atoms with E-state index in [1.807, 2.05) is 0 Å². The Hall–Kier alpha value is -6.84. The highest BCUT2D eigenvalue weighted by atomic mass is 15.2. The van der Waals surface area contributed by atoms with E-state index in [4.69, 9.17) is 0 Å². The van der Waals surface area contributed by atoms with Crippen molar-refractivity contribution >= 4 is 71.7 Å². The average Bonchev–Trinajstić information content (AvgIpc) is 3.81. The molecule has 0 saturated heterocycles. The van der Waals surface area contributed by atoms with Crippen molar-refractivity contribution in [3.8, 4) is 0 Å². The third-order valence-electron chi connectivity index (χ3n) is 17.2. The lowest BCUT2D eigenvalue weighted by atomic mass is 9.55. The van der Waals surface area contributed by atoms with Gasteiger partial charge in [-0.3, -0.25) is 0 Å². The number of hydrogen-bond donors (Lipinski definition) is 0. The number of nitrogens with zero attached hydrogens (tertiary/aromatic N) is 3. The monoisotopic (exact) mass is 823 g/mol. The maximum Gasteiger partial charge on any atom is 0.0783 e. The van der Waals surface area contributed by atoms with Gasteiger partial charge in [0.05, 0.1) is 50.2 Å². The Kier molecular flexibility index (Phi) is 6.07. The summed E-state index contributed by atoms with van der Waals surface area (Å²) < 4.78 is 5.35. The topological polar surface area (TPSA) is 12.1 Å². The lowest BCUT2D eigenvalue weighted by Gasteiger charge is -2.49. The zero-order valence-electron chi connectivity index (χ0n) is 37.8. The average molecular weight is 824 g/mol. The molecule has 3 aromatic heterocycles. The Morgan fingerprint density at radius 1 is 0.375 bits per heavy atom. The smallest absolute Gasteiger partial charge is 0.0783 e. The van der Waals surface area contributed by atoms with Gasteiger partial charge < -0.3 is 13.7 Å². The molecule has 15 rings (SSSR count). The van der Waals surface area contributed by atoms with Crippen LogP contribution in [0.2, 0.25) is 0 Å². The maximum absolute atomic E-state index is 2.68. The molecule has 0 fully saturated rings. The first-order valence-electron chi connectivity index (χ1n) is 23.3. The summed E-state index contributed by atoms with van der Waals surface area (Å²) in [7, 11) is 0. The first-order valence-corrected chi connectivity index (χ1v) is 23.3. The minimum Gasteiger partial charge on any atom is -0.309 e. The standard InChI is InChI=1S/C61H49N3/c1-58(2)37-23-11-9-19-33(37)49-34-20-10-12-24-38(34)60(5,6)53-50-35-21-17-29-45-55(35)63(47(50)31-41(58)52(49)53)46-30-18-22-36-51-48(64(45)56(36)46)32-42-57-54(51)61(7,8)40-26-14-16-28-44(40)62(57)43-27-15-13-25-39(43)59(42,3)4/h9-32,49H,1-8H3. The number of rotatable bonds is 0. The first-order chi connectivity index (χ1) is 30.8. The van der Waals surface area contributed by atoms with E-state index in [2.05, 4.69) is 215 Å².